The Hall–Kier alpha value is -2.47. The van der Waals surface area contributed by atoms with Gasteiger partial charge in [0.25, 0.3) is 5.95 Å². The summed E-state index contributed by atoms with van der Waals surface area (Å²) in [7, 11) is 1.56. The third-order valence-corrected chi connectivity index (χ3v) is 4.21. The van der Waals surface area contributed by atoms with Gasteiger partial charge in [0.2, 0.25) is 0 Å². The Labute approximate surface area is 118 Å². The van der Waals surface area contributed by atoms with Crippen molar-refractivity contribution < 1.29 is 9.15 Å². The van der Waals surface area contributed by atoms with Crippen molar-refractivity contribution in [3.05, 3.63) is 36.0 Å². The first kappa shape index (κ1) is 11.4. The Morgan fingerprint density at radius 2 is 2.25 bits per heavy atom. The van der Waals surface area contributed by atoms with Crippen LogP contribution in [-0.4, -0.2) is 16.5 Å². The van der Waals surface area contributed by atoms with Crippen molar-refractivity contribution >= 4 is 32.9 Å². The fourth-order valence-electron chi connectivity index (χ4n) is 2.39. The zero-order valence-corrected chi connectivity index (χ0v) is 11.5. The van der Waals surface area contributed by atoms with Crippen molar-refractivity contribution in [3.63, 3.8) is 0 Å². The zero-order chi connectivity index (χ0) is 13.7. The van der Waals surface area contributed by atoms with Crippen molar-refractivity contribution in [1.82, 2.24) is 9.38 Å². The summed E-state index contributed by atoms with van der Waals surface area (Å²) in [5, 5.41) is 3.14. The molecule has 0 fully saturated rings. The number of rotatable bonds is 2. The summed E-state index contributed by atoms with van der Waals surface area (Å²) in [5.74, 6) is 0.995. The number of fused-ring (bicyclic) bond motifs is 3. The van der Waals surface area contributed by atoms with Crippen LogP contribution in [0.15, 0.2) is 40.5 Å². The molecule has 4 heterocycles. The topological polar surface area (TPSA) is 65.7 Å². The van der Waals surface area contributed by atoms with Crippen LogP contribution in [0.25, 0.3) is 27.0 Å². The quantitative estimate of drug-likeness (QED) is 0.613. The lowest BCUT2D eigenvalue weighted by molar-refractivity contribution is 0.306. The minimum absolute atomic E-state index is 0.418. The second kappa shape index (κ2) is 4.01. The summed E-state index contributed by atoms with van der Waals surface area (Å²) in [5.41, 5.74) is 8.50. The second-order valence-electron chi connectivity index (χ2n) is 4.38. The Bertz CT molecular complexity index is 919. The van der Waals surface area contributed by atoms with Crippen LogP contribution in [0.2, 0.25) is 0 Å². The number of ether oxygens (including phenoxy) is 1. The summed E-state index contributed by atoms with van der Waals surface area (Å²) < 4.78 is 13.5. The molecule has 0 aliphatic carbocycles. The Morgan fingerprint density at radius 3 is 3.10 bits per heavy atom. The third kappa shape index (κ3) is 1.39. The third-order valence-electron chi connectivity index (χ3n) is 3.33. The molecule has 0 aliphatic rings. The van der Waals surface area contributed by atoms with E-state index >= 15 is 0 Å². The van der Waals surface area contributed by atoms with Crippen molar-refractivity contribution in [1.29, 1.82) is 0 Å². The standard InChI is InChI=1S/C14H11N3O2S/c1-18-14-9(3-6-19-14)11-12(15)17-5-2-10-8(4-7-20-10)13(17)16-11/h2-7H,15H2,1H3. The molecule has 0 saturated carbocycles. The highest BCUT2D eigenvalue weighted by Gasteiger charge is 2.18. The van der Waals surface area contributed by atoms with Gasteiger partial charge < -0.3 is 14.9 Å². The maximum Gasteiger partial charge on any atom is 0.293 e. The van der Waals surface area contributed by atoms with Crippen LogP contribution in [0.3, 0.4) is 0 Å². The number of methoxy groups -OCH3 is 1. The van der Waals surface area contributed by atoms with Gasteiger partial charge in [-0.05, 0) is 23.6 Å². The molecule has 0 aromatic carbocycles. The normalized spacial score (nSPS) is 11.4. The van der Waals surface area contributed by atoms with Crippen molar-refractivity contribution in [2.75, 3.05) is 12.8 Å². The molecule has 6 heteroatoms. The molecule has 0 radical (unpaired) electrons. The van der Waals surface area contributed by atoms with Crippen molar-refractivity contribution in [2.24, 2.45) is 0 Å². The molecule has 4 aromatic rings. The van der Waals surface area contributed by atoms with Gasteiger partial charge in [-0.2, -0.15) is 0 Å². The molecule has 0 aliphatic heterocycles. The van der Waals surface area contributed by atoms with Gasteiger partial charge >= 0.3 is 0 Å². The minimum Gasteiger partial charge on any atom is -0.468 e. The number of nitrogens with zero attached hydrogens (tertiary/aromatic N) is 2. The summed E-state index contributed by atoms with van der Waals surface area (Å²) >= 11 is 1.69. The molecule has 0 spiro atoms. The van der Waals surface area contributed by atoms with Crippen molar-refractivity contribution in [2.45, 2.75) is 0 Å². The van der Waals surface area contributed by atoms with Crippen LogP contribution in [0.5, 0.6) is 5.95 Å². The fraction of sp³-hybridized carbons (Fsp3) is 0.0714. The summed E-state index contributed by atoms with van der Waals surface area (Å²) in [6, 6.07) is 5.90. The monoisotopic (exact) mass is 285 g/mol. The number of pyridine rings is 1. The van der Waals surface area contributed by atoms with Gasteiger partial charge in [-0.1, -0.05) is 0 Å². The first-order valence-electron chi connectivity index (χ1n) is 6.05. The summed E-state index contributed by atoms with van der Waals surface area (Å²) in [4.78, 5) is 4.67. The van der Waals surface area contributed by atoms with Gasteiger partial charge in [0.05, 0.1) is 18.9 Å². The number of imidazole rings is 1. The van der Waals surface area contributed by atoms with E-state index in [0.717, 1.165) is 16.6 Å². The molecule has 0 unspecified atom stereocenters. The largest absolute Gasteiger partial charge is 0.468 e. The van der Waals surface area contributed by atoms with Crippen LogP contribution in [0.4, 0.5) is 5.82 Å². The number of thiophene rings is 1. The van der Waals surface area contributed by atoms with Crippen LogP contribution in [0, 0.1) is 0 Å². The second-order valence-corrected chi connectivity index (χ2v) is 5.33. The first-order chi connectivity index (χ1) is 9.79. The molecule has 100 valence electrons. The van der Waals surface area contributed by atoms with E-state index in [0.29, 0.717) is 17.5 Å². The van der Waals surface area contributed by atoms with E-state index in [1.54, 1.807) is 24.7 Å². The van der Waals surface area contributed by atoms with E-state index in [1.807, 2.05) is 28.1 Å². The van der Waals surface area contributed by atoms with Gasteiger partial charge in [0, 0.05) is 16.3 Å². The molecule has 0 bridgehead atoms. The number of anilines is 1. The number of aromatic nitrogens is 2. The molecule has 20 heavy (non-hydrogen) atoms. The van der Waals surface area contributed by atoms with Crippen LogP contribution < -0.4 is 10.5 Å². The Balaban J connectivity index is 2.08. The summed E-state index contributed by atoms with van der Waals surface area (Å²) in [6.07, 6.45) is 3.50. The van der Waals surface area contributed by atoms with Crippen LogP contribution in [0.1, 0.15) is 0 Å². The summed E-state index contributed by atoms with van der Waals surface area (Å²) in [6.45, 7) is 0. The van der Waals surface area contributed by atoms with E-state index in [2.05, 4.69) is 11.1 Å². The molecule has 4 aromatic heterocycles. The highest BCUT2D eigenvalue weighted by molar-refractivity contribution is 7.17. The maximum absolute atomic E-state index is 6.22. The predicted octanol–water partition coefficient (Wildman–Crippen LogP) is 3.40. The van der Waals surface area contributed by atoms with Gasteiger partial charge in [0.15, 0.2) is 0 Å². The number of nitrogen functional groups attached to an aromatic ring is 1. The lowest BCUT2D eigenvalue weighted by Crippen LogP contribution is -1.94. The van der Waals surface area contributed by atoms with E-state index < -0.39 is 0 Å². The average Bonchev–Trinajstić information content (AvgIpc) is 3.15. The molecular formula is C14H11N3O2S. The number of nitrogens with two attached hydrogens (primary N) is 1. The highest BCUT2D eigenvalue weighted by atomic mass is 32.1. The van der Waals surface area contributed by atoms with Crippen molar-refractivity contribution in [3.8, 4) is 17.2 Å². The molecule has 4 rings (SSSR count). The first-order valence-corrected chi connectivity index (χ1v) is 6.93. The van der Waals surface area contributed by atoms with Gasteiger partial charge in [-0.15, -0.1) is 11.3 Å². The minimum atomic E-state index is 0.418. The highest BCUT2D eigenvalue weighted by Crippen LogP contribution is 2.36. The molecular weight excluding hydrogens is 274 g/mol. The SMILES string of the molecule is COc1occc1-c1nc2c3ccsc3ccn2c1N. The van der Waals surface area contributed by atoms with Gasteiger partial charge in [-0.3, -0.25) is 4.40 Å². The Morgan fingerprint density at radius 1 is 1.35 bits per heavy atom. The number of furan rings is 1. The van der Waals surface area contributed by atoms with E-state index in [-0.39, 0.29) is 0 Å². The molecule has 0 atom stereocenters. The van der Waals surface area contributed by atoms with E-state index in [9.17, 15) is 0 Å². The fourth-order valence-corrected chi connectivity index (χ4v) is 3.17. The molecule has 5 nitrogen and oxygen atoms in total. The molecule has 2 N–H and O–H groups in total. The number of hydrogen-bond acceptors (Lipinski definition) is 5. The van der Waals surface area contributed by atoms with Gasteiger partial charge in [-0.25, -0.2) is 4.98 Å². The van der Waals surface area contributed by atoms with Crippen LogP contribution >= 0.6 is 11.3 Å². The zero-order valence-electron chi connectivity index (χ0n) is 10.7. The lowest BCUT2D eigenvalue weighted by atomic mass is 10.2. The smallest absolute Gasteiger partial charge is 0.293 e. The average molecular weight is 285 g/mol. The van der Waals surface area contributed by atoms with E-state index in [4.69, 9.17) is 14.9 Å². The predicted molar refractivity (Wildman–Crippen MR) is 79.2 cm³/mol. The number of hydrogen-bond donors (Lipinski definition) is 1. The Kier molecular flexibility index (Phi) is 2.28. The molecule has 0 amide bonds. The maximum atomic E-state index is 6.22. The van der Waals surface area contributed by atoms with E-state index in [1.165, 1.54) is 4.70 Å². The van der Waals surface area contributed by atoms with Gasteiger partial charge in [0.1, 0.15) is 17.2 Å². The lowest BCUT2D eigenvalue weighted by Gasteiger charge is -1.99. The molecule has 0 saturated heterocycles. The van der Waals surface area contributed by atoms with Crippen LogP contribution in [-0.2, 0) is 0 Å².